The van der Waals surface area contributed by atoms with Crippen LogP contribution in [-0.4, -0.2) is 24.9 Å². The minimum absolute atomic E-state index is 0.0687. The number of hydrogen-bond donors (Lipinski definition) is 2. The molecule has 0 aromatic heterocycles. The maximum absolute atomic E-state index is 13.0. The molecule has 25 heavy (non-hydrogen) atoms. The van der Waals surface area contributed by atoms with Crippen molar-refractivity contribution in [2.24, 2.45) is 0 Å². The van der Waals surface area contributed by atoms with Crippen molar-refractivity contribution in [3.8, 4) is 11.5 Å². The average molecular weight is 412 g/mol. The van der Waals surface area contributed by atoms with Gasteiger partial charge in [0.15, 0.2) is 11.5 Å². The van der Waals surface area contributed by atoms with E-state index in [1.54, 1.807) is 19.2 Å². The van der Waals surface area contributed by atoms with Crippen molar-refractivity contribution in [3.05, 3.63) is 57.8 Å². The molecule has 0 fully saturated rings. The van der Waals surface area contributed by atoms with Gasteiger partial charge in [-0.2, -0.15) is 0 Å². The molecular formula is C19H23BrFNO3. The Labute approximate surface area is 156 Å². The van der Waals surface area contributed by atoms with Crippen molar-refractivity contribution in [2.45, 2.75) is 32.5 Å². The van der Waals surface area contributed by atoms with Gasteiger partial charge in [-0.15, -0.1) is 0 Å². The van der Waals surface area contributed by atoms with Gasteiger partial charge >= 0.3 is 0 Å². The summed E-state index contributed by atoms with van der Waals surface area (Å²) in [5.41, 5.74) is 1.89. The van der Waals surface area contributed by atoms with Gasteiger partial charge in [-0.05, 0) is 57.7 Å². The van der Waals surface area contributed by atoms with E-state index in [4.69, 9.17) is 9.47 Å². The summed E-state index contributed by atoms with van der Waals surface area (Å²) in [6, 6.07) is 10.1. The molecule has 1 unspecified atom stereocenters. The molecule has 0 aliphatic rings. The monoisotopic (exact) mass is 411 g/mol. The van der Waals surface area contributed by atoms with Crippen molar-refractivity contribution in [3.63, 3.8) is 0 Å². The van der Waals surface area contributed by atoms with E-state index >= 15 is 0 Å². The molecule has 0 saturated carbocycles. The molecule has 2 aromatic carbocycles. The zero-order valence-electron chi connectivity index (χ0n) is 14.4. The molecule has 0 aliphatic heterocycles. The first kappa shape index (κ1) is 19.7. The summed E-state index contributed by atoms with van der Waals surface area (Å²) in [6.45, 7) is 3.06. The third-order valence-corrected chi connectivity index (χ3v) is 4.48. The van der Waals surface area contributed by atoms with Gasteiger partial charge in [-0.1, -0.05) is 19.1 Å². The Balaban J connectivity index is 2.09. The van der Waals surface area contributed by atoms with Crippen LogP contribution in [0.3, 0.4) is 0 Å². The fraction of sp³-hybridized carbons (Fsp3) is 0.368. The lowest BCUT2D eigenvalue weighted by Gasteiger charge is -2.17. The van der Waals surface area contributed by atoms with Crippen LogP contribution in [0.1, 0.15) is 24.5 Å². The van der Waals surface area contributed by atoms with Crippen molar-refractivity contribution in [2.75, 3.05) is 13.7 Å². The molecule has 6 heteroatoms. The van der Waals surface area contributed by atoms with Gasteiger partial charge in [-0.3, -0.25) is 0 Å². The van der Waals surface area contributed by atoms with Crippen molar-refractivity contribution in [1.29, 1.82) is 0 Å². The third kappa shape index (κ3) is 5.70. The van der Waals surface area contributed by atoms with Crippen molar-refractivity contribution in [1.82, 2.24) is 5.32 Å². The summed E-state index contributed by atoms with van der Waals surface area (Å²) in [7, 11) is 1.59. The molecule has 2 rings (SSSR count). The molecule has 4 nitrogen and oxygen atoms in total. The van der Waals surface area contributed by atoms with Gasteiger partial charge in [-0.25, -0.2) is 4.39 Å². The Morgan fingerprint density at radius 1 is 1.20 bits per heavy atom. The largest absolute Gasteiger partial charge is 0.493 e. The number of benzene rings is 2. The molecule has 0 aliphatic carbocycles. The third-order valence-electron chi connectivity index (χ3n) is 3.89. The van der Waals surface area contributed by atoms with E-state index in [1.165, 1.54) is 12.1 Å². The lowest BCUT2D eigenvalue weighted by atomic mass is 10.1. The van der Waals surface area contributed by atoms with E-state index in [2.05, 4.69) is 21.2 Å². The second kappa shape index (κ2) is 9.75. The van der Waals surface area contributed by atoms with Crippen LogP contribution in [-0.2, 0) is 13.2 Å². The Morgan fingerprint density at radius 2 is 1.92 bits per heavy atom. The highest BCUT2D eigenvalue weighted by Gasteiger charge is 2.13. The molecule has 0 heterocycles. The van der Waals surface area contributed by atoms with Crippen LogP contribution < -0.4 is 14.8 Å². The molecule has 2 N–H and O–H groups in total. The van der Waals surface area contributed by atoms with Gasteiger partial charge in [0.25, 0.3) is 0 Å². The van der Waals surface area contributed by atoms with Gasteiger partial charge in [0.1, 0.15) is 12.4 Å². The number of rotatable bonds is 9. The summed E-state index contributed by atoms with van der Waals surface area (Å²) < 4.78 is 25.0. The second-order valence-electron chi connectivity index (χ2n) is 5.69. The van der Waals surface area contributed by atoms with E-state index in [9.17, 15) is 9.50 Å². The Kier molecular flexibility index (Phi) is 7.68. The highest BCUT2D eigenvalue weighted by atomic mass is 79.9. The van der Waals surface area contributed by atoms with Gasteiger partial charge in [0.05, 0.1) is 18.2 Å². The molecule has 1 atom stereocenters. The average Bonchev–Trinajstić information content (AvgIpc) is 2.62. The fourth-order valence-electron chi connectivity index (χ4n) is 2.35. The zero-order chi connectivity index (χ0) is 18.2. The van der Waals surface area contributed by atoms with E-state index < -0.39 is 0 Å². The van der Waals surface area contributed by atoms with Gasteiger partial charge in [0.2, 0.25) is 0 Å². The highest BCUT2D eigenvalue weighted by molar-refractivity contribution is 9.10. The van der Waals surface area contributed by atoms with E-state index in [0.717, 1.165) is 22.0 Å². The predicted octanol–water partition coefficient (Wildman–Crippen LogP) is 4.04. The topological polar surface area (TPSA) is 50.7 Å². The normalized spacial score (nSPS) is 12.0. The Bertz CT molecular complexity index is 675. The fourth-order valence-corrected chi connectivity index (χ4v) is 2.96. The predicted molar refractivity (Wildman–Crippen MR) is 99.4 cm³/mol. The van der Waals surface area contributed by atoms with E-state index in [0.29, 0.717) is 24.7 Å². The number of aliphatic hydroxyl groups is 1. The first-order valence-electron chi connectivity index (χ1n) is 8.15. The second-order valence-corrected chi connectivity index (χ2v) is 6.55. The van der Waals surface area contributed by atoms with E-state index in [1.807, 2.05) is 19.1 Å². The van der Waals surface area contributed by atoms with E-state index in [-0.39, 0.29) is 18.5 Å². The number of methoxy groups -OCH3 is 1. The van der Waals surface area contributed by atoms with Crippen molar-refractivity contribution < 1.29 is 19.0 Å². The SMILES string of the molecule is CCC(CO)NCc1cc(Br)c(OCc2ccc(F)cc2)c(OC)c1. The molecule has 2 aromatic rings. The number of ether oxygens (including phenoxy) is 2. The van der Waals surface area contributed by atoms with Crippen LogP contribution in [0.15, 0.2) is 40.9 Å². The minimum Gasteiger partial charge on any atom is -0.493 e. The van der Waals surface area contributed by atoms with Crippen LogP contribution >= 0.6 is 15.9 Å². The van der Waals surface area contributed by atoms with Gasteiger partial charge in [0, 0.05) is 12.6 Å². The molecule has 0 spiro atoms. The number of nitrogens with one attached hydrogen (secondary N) is 1. The molecule has 0 saturated heterocycles. The van der Waals surface area contributed by atoms with Crippen LogP contribution in [0.25, 0.3) is 0 Å². The lowest BCUT2D eigenvalue weighted by Crippen LogP contribution is -2.31. The zero-order valence-corrected chi connectivity index (χ0v) is 16.0. The smallest absolute Gasteiger partial charge is 0.175 e. The van der Waals surface area contributed by atoms with Crippen molar-refractivity contribution >= 4 is 15.9 Å². The Hall–Kier alpha value is -1.63. The molecular weight excluding hydrogens is 389 g/mol. The van der Waals surface area contributed by atoms with Crippen LogP contribution in [0.2, 0.25) is 0 Å². The summed E-state index contributed by atoms with van der Waals surface area (Å²) in [4.78, 5) is 0. The first-order valence-corrected chi connectivity index (χ1v) is 8.94. The molecule has 0 amide bonds. The van der Waals surface area contributed by atoms with Gasteiger partial charge < -0.3 is 19.9 Å². The summed E-state index contributed by atoms with van der Waals surface area (Å²) in [5, 5.41) is 12.6. The first-order chi connectivity index (χ1) is 12.1. The van der Waals surface area contributed by atoms with Crippen LogP contribution in [0.4, 0.5) is 4.39 Å². The standard InChI is InChI=1S/C19H23BrFNO3/c1-3-16(11-23)22-10-14-8-17(20)19(18(9-14)24-2)25-12-13-4-6-15(21)7-5-13/h4-9,16,22-23H,3,10-12H2,1-2H3. The Morgan fingerprint density at radius 3 is 2.52 bits per heavy atom. The van der Waals surface area contributed by atoms with Crippen LogP contribution in [0.5, 0.6) is 11.5 Å². The maximum atomic E-state index is 13.0. The molecule has 136 valence electrons. The number of halogens is 2. The number of aliphatic hydroxyl groups excluding tert-OH is 1. The van der Waals surface area contributed by atoms with Crippen LogP contribution in [0, 0.1) is 5.82 Å². The quantitative estimate of drug-likeness (QED) is 0.653. The molecule has 0 radical (unpaired) electrons. The molecule has 0 bridgehead atoms. The summed E-state index contributed by atoms with van der Waals surface area (Å²) in [5.74, 6) is 0.947. The lowest BCUT2D eigenvalue weighted by molar-refractivity contribution is 0.238. The highest BCUT2D eigenvalue weighted by Crippen LogP contribution is 2.37. The number of hydrogen-bond acceptors (Lipinski definition) is 4. The summed E-state index contributed by atoms with van der Waals surface area (Å²) in [6.07, 6.45) is 0.855. The minimum atomic E-state index is -0.271. The maximum Gasteiger partial charge on any atom is 0.175 e. The summed E-state index contributed by atoms with van der Waals surface area (Å²) >= 11 is 3.52.